The summed E-state index contributed by atoms with van der Waals surface area (Å²) in [5.74, 6) is 0. The lowest BCUT2D eigenvalue weighted by atomic mass is 9.92. The molecule has 0 aliphatic heterocycles. The van der Waals surface area contributed by atoms with E-state index in [0.717, 1.165) is 11.2 Å². The molecule has 10 rings (SSSR count). The van der Waals surface area contributed by atoms with Crippen LogP contribution in [-0.4, -0.2) is 0 Å². The molecule has 300 valence electrons. The maximum absolute atomic E-state index is 5.71. The number of hydrogen-bond acceptors (Lipinski definition) is 1. The van der Waals surface area contributed by atoms with Crippen molar-refractivity contribution in [1.29, 1.82) is 0 Å². The zero-order valence-corrected chi connectivity index (χ0v) is 36.2. The predicted molar refractivity (Wildman–Crippen MR) is 263 cm³/mol. The first-order valence-electron chi connectivity index (χ1n) is 21.1. The van der Waals surface area contributed by atoms with Crippen LogP contribution in [-0.2, 0) is 0 Å². The van der Waals surface area contributed by atoms with Crippen LogP contribution in [0.2, 0.25) is 0 Å². The third-order valence-corrected chi connectivity index (χ3v) is 10.9. The summed E-state index contributed by atoms with van der Waals surface area (Å²) in [7, 11) is 0. The molecule has 9 aromatic carbocycles. The van der Waals surface area contributed by atoms with Gasteiger partial charge in [-0.1, -0.05) is 210 Å². The van der Waals surface area contributed by atoms with Gasteiger partial charge in [0.1, 0.15) is 11.2 Å². The van der Waals surface area contributed by atoms with Gasteiger partial charge in [-0.25, -0.2) is 0 Å². The largest absolute Gasteiger partial charge is 0.456 e. The maximum Gasteiger partial charge on any atom is 0.135 e. The first kappa shape index (κ1) is 41.9. The summed E-state index contributed by atoms with van der Waals surface area (Å²) in [6, 6.07) is 76.7. The fourth-order valence-corrected chi connectivity index (χ4v) is 7.34. The lowest BCUT2D eigenvalue weighted by molar-refractivity contribution is 0.669. The Bertz CT molecular complexity index is 2940. The summed E-state index contributed by atoms with van der Waals surface area (Å²) < 4.78 is 5.71. The van der Waals surface area contributed by atoms with Gasteiger partial charge in [0.15, 0.2) is 0 Å². The van der Waals surface area contributed by atoms with Gasteiger partial charge in [0.25, 0.3) is 0 Å². The van der Waals surface area contributed by atoms with Gasteiger partial charge in [-0.2, -0.15) is 0 Å². The molecular formula is C60H54O. The van der Waals surface area contributed by atoms with E-state index in [9.17, 15) is 0 Å². The van der Waals surface area contributed by atoms with E-state index >= 15 is 0 Å². The minimum absolute atomic E-state index is 0.966. The van der Waals surface area contributed by atoms with Gasteiger partial charge in [0.05, 0.1) is 0 Å². The van der Waals surface area contributed by atoms with E-state index in [4.69, 9.17) is 4.42 Å². The van der Waals surface area contributed by atoms with Crippen LogP contribution >= 0.6 is 0 Å². The Balaban J connectivity index is 0.000000138. The number of fused-ring (bicyclic) bond motifs is 3. The number of rotatable bonds is 4. The molecule has 0 saturated carbocycles. The third kappa shape index (κ3) is 11.1. The highest BCUT2D eigenvalue weighted by Crippen LogP contribution is 2.33. The lowest BCUT2D eigenvalue weighted by Crippen LogP contribution is -1.89. The minimum atomic E-state index is 0.966. The quantitative estimate of drug-likeness (QED) is 0.173. The van der Waals surface area contributed by atoms with Crippen LogP contribution in [0.25, 0.3) is 66.4 Å². The summed E-state index contributed by atoms with van der Waals surface area (Å²) in [4.78, 5) is 0. The Morgan fingerprint density at radius 3 is 1.33 bits per heavy atom. The van der Waals surface area contributed by atoms with Crippen LogP contribution in [0.1, 0.15) is 33.4 Å². The van der Waals surface area contributed by atoms with Gasteiger partial charge >= 0.3 is 0 Å². The topological polar surface area (TPSA) is 13.1 Å². The molecule has 0 radical (unpaired) electrons. The van der Waals surface area contributed by atoms with E-state index in [1.54, 1.807) is 0 Å². The average molecular weight is 791 g/mol. The van der Waals surface area contributed by atoms with Crippen molar-refractivity contribution in [2.24, 2.45) is 0 Å². The Morgan fingerprint density at radius 1 is 0.246 bits per heavy atom. The molecule has 61 heavy (non-hydrogen) atoms. The van der Waals surface area contributed by atoms with Crippen LogP contribution in [0.15, 0.2) is 223 Å². The number of benzene rings is 9. The van der Waals surface area contributed by atoms with Gasteiger partial charge in [0, 0.05) is 10.8 Å². The molecule has 1 heteroatoms. The first-order valence-corrected chi connectivity index (χ1v) is 21.1. The maximum atomic E-state index is 5.71. The van der Waals surface area contributed by atoms with Crippen molar-refractivity contribution in [3.63, 3.8) is 0 Å². The first-order chi connectivity index (χ1) is 29.7. The predicted octanol–water partition coefficient (Wildman–Crippen LogP) is 17.2. The molecule has 0 aliphatic carbocycles. The van der Waals surface area contributed by atoms with Gasteiger partial charge in [-0.05, 0) is 128 Å². The summed E-state index contributed by atoms with van der Waals surface area (Å²) >= 11 is 0. The monoisotopic (exact) mass is 790 g/mol. The van der Waals surface area contributed by atoms with Gasteiger partial charge < -0.3 is 4.42 Å². The van der Waals surface area contributed by atoms with Crippen LogP contribution in [0.4, 0.5) is 0 Å². The summed E-state index contributed by atoms with van der Waals surface area (Å²) in [5.41, 5.74) is 19.9. The molecule has 0 fully saturated rings. The second-order valence-electron chi connectivity index (χ2n) is 15.8. The second kappa shape index (κ2) is 20.2. The van der Waals surface area contributed by atoms with E-state index in [2.05, 4.69) is 211 Å². The Morgan fingerprint density at radius 2 is 0.689 bits per heavy atom. The summed E-state index contributed by atoms with van der Waals surface area (Å²) in [6.45, 7) is 12.8. The molecule has 0 saturated heterocycles. The number of aryl methyl sites for hydroxylation is 6. The van der Waals surface area contributed by atoms with E-state index < -0.39 is 0 Å². The van der Waals surface area contributed by atoms with Crippen LogP contribution in [0.3, 0.4) is 0 Å². The Labute approximate surface area is 362 Å². The molecule has 1 nitrogen and oxygen atoms in total. The van der Waals surface area contributed by atoms with Crippen molar-refractivity contribution in [2.45, 2.75) is 41.5 Å². The second-order valence-corrected chi connectivity index (χ2v) is 15.8. The van der Waals surface area contributed by atoms with Crippen molar-refractivity contribution in [3.8, 4) is 44.5 Å². The molecule has 0 atom stereocenters. The fraction of sp³-hybridized carbons (Fsp3) is 0.100. The van der Waals surface area contributed by atoms with Crippen LogP contribution in [0, 0.1) is 41.5 Å². The van der Waals surface area contributed by atoms with Crippen LogP contribution < -0.4 is 0 Å². The number of para-hydroxylation sites is 1. The fourth-order valence-electron chi connectivity index (χ4n) is 7.34. The zero-order chi connectivity index (χ0) is 42.6. The zero-order valence-electron chi connectivity index (χ0n) is 36.2. The minimum Gasteiger partial charge on any atom is -0.456 e. The lowest BCUT2D eigenvalue weighted by Gasteiger charge is -2.13. The van der Waals surface area contributed by atoms with Gasteiger partial charge in [0.2, 0.25) is 0 Å². The molecule has 0 spiro atoms. The highest BCUT2D eigenvalue weighted by atomic mass is 16.3. The molecule has 1 aromatic heterocycles. The Kier molecular flexibility index (Phi) is 13.9. The molecular weight excluding hydrogens is 737 g/mol. The molecule has 0 unspecified atom stereocenters. The summed E-state index contributed by atoms with van der Waals surface area (Å²) in [5, 5.41) is 2.41. The highest BCUT2D eigenvalue weighted by Gasteiger charge is 2.09. The van der Waals surface area contributed by atoms with Crippen LogP contribution in [0.5, 0.6) is 0 Å². The molecule has 10 aromatic rings. The average Bonchev–Trinajstić information content (AvgIpc) is 3.66. The van der Waals surface area contributed by atoms with E-state index in [1.165, 1.54) is 88.7 Å². The third-order valence-electron chi connectivity index (χ3n) is 10.9. The van der Waals surface area contributed by atoms with Crippen molar-refractivity contribution >= 4 is 21.9 Å². The smallest absolute Gasteiger partial charge is 0.135 e. The molecule has 0 bridgehead atoms. The van der Waals surface area contributed by atoms with Crippen molar-refractivity contribution in [3.05, 3.63) is 252 Å². The number of hydrogen-bond donors (Lipinski definition) is 0. The van der Waals surface area contributed by atoms with E-state index in [0.29, 0.717) is 0 Å². The van der Waals surface area contributed by atoms with E-state index in [-0.39, 0.29) is 0 Å². The van der Waals surface area contributed by atoms with Crippen molar-refractivity contribution in [1.82, 2.24) is 0 Å². The van der Waals surface area contributed by atoms with Crippen molar-refractivity contribution < 1.29 is 4.42 Å². The van der Waals surface area contributed by atoms with Gasteiger partial charge in [-0.3, -0.25) is 0 Å². The summed E-state index contributed by atoms with van der Waals surface area (Å²) in [6.07, 6.45) is 0. The highest BCUT2D eigenvalue weighted by molar-refractivity contribution is 6.05. The van der Waals surface area contributed by atoms with Crippen molar-refractivity contribution in [2.75, 3.05) is 0 Å². The molecule has 0 amide bonds. The molecule has 1 heterocycles. The normalized spacial score (nSPS) is 10.5. The Hall–Kier alpha value is -7.22. The van der Waals surface area contributed by atoms with Gasteiger partial charge in [-0.15, -0.1) is 0 Å². The number of furan rings is 1. The SMILES string of the molecule is Cc1ccc(-c2cccc(-c3ccc(C)c(-c4ccccc4C)c3)c2)cc1.Cc1ccc(-c2ccccc2)cc1.Cc1ccc2oc3ccccc3c2c1.Cc1ccccc1. The molecule has 0 N–H and O–H groups in total. The van der Waals surface area contributed by atoms with E-state index in [1.807, 2.05) is 48.5 Å². The molecule has 0 aliphatic rings. The standard InChI is InChI=1S/C27H24.C13H10O.C13H12.C7H8/c1-19-11-14-22(15-12-19)23-8-6-9-24(17-23)25-16-13-21(3)27(18-25)26-10-5-4-7-20(26)2;1-9-6-7-13-11(8-9)10-4-2-3-5-12(10)14-13;1-11-7-9-13(10-8-11)12-5-3-2-4-6-12;1-7-5-3-2-4-6-7/h4-18H,1-3H3;2-8H,1H3;2-10H,1H3;2-6H,1H3.